The van der Waals surface area contributed by atoms with Crippen molar-refractivity contribution in [2.24, 2.45) is 5.73 Å². The molecule has 4 N–H and O–H groups in total. The fourth-order valence-electron chi connectivity index (χ4n) is 4.07. The highest BCUT2D eigenvalue weighted by atomic mass is 16.6. The summed E-state index contributed by atoms with van der Waals surface area (Å²) in [5.41, 5.74) is 8.75. The van der Waals surface area contributed by atoms with Crippen molar-refractivity contribution in [2.75, 3.05) is 11.9 Å². The summed E-state index contributed by atoms with van der Waals surface area (Å²) in [6.07, 6.45) is 0.0490. The molecule has 0 aliphatic heterocycles. The van der Waals surface area contributed by atoms with Gasteiger partial charge in [0.05, 0.1) is 6.42 Å². The van der Waals surface area contributed by atoms with Crippen molar-refractivity contribution >= 4 is 29.5 Å². The third-order valence-electron chi connectivity index (χ3n) is 6.24. The lowest BCUT2D eigenvalue weighted by Gasteiger charge is -2.34. The Kier molecular flexibility index (Phi) is 11.1. The van der Waals surface area contributed by atoms with Crippen LogP contribution < -0.4 is 16.4 Å². The minimum Gasteiger partial charge on any atom is -0.444 e. The van der Waals surface area contributed by atoms with Crippen LogP contribution in [0.2, 0.25) is 0 Å². The molecular formula is C30H42N4O5. The standard InChI is InChI=1S/C30H42N4O5/c1-8-9-16-34(28(37)24(18-25(31)35)33-29(38)39-30(5,6)7)26(22-15-14-19(2)21(4)17-22)27(36)32-23-13-11-10-12-20(23)3/h10-15,17,24,26H,8-9,16,18H2,1-7H3,(H2,31,35)(H,32,36)(H,33,38). The zero-order valence-electron chi connectivity index (χ0n) is 24.1. The lowest BCUT2D eigenvalue weighted by atomic mass is 9.97. The number of ether oxygens (including phenoxy) is 1. The summed E-state index contributed by atoms with van der Waals surface area (Å²) in [6, 6.07) is 10.6. The molecule has 2 atom stereocenters. The SMILES string of the molecule is CCCCN(C(=O)C(CC(N)=O)NC(=O)OC(C)(C)C)C(C(=O)Nc1ccccc1C)c1ccc(C)c(C)c1. The van der Waals surface area contributed by atoms with E-state index in [-0.39, 0.29) is 6.54 Å². The van der Waals surface area contributed by atoms with Gasteiger partial charge >= 0.3 is 6.09 Å². The van der Waals surface area contributed by atoms with Gasteiger partial charge in [0.25, 0.3) is 5.91 Å². The van der Waals surface area contributed by atoms with Crippen molar-refractivity contribution in [3.63, 3.8) is 0 Å². The van der Waals surface area contributed by atoms with Gasteiger partial charge < -0.3 is 26.0 Å². The molecular weight excluding hydrogens is 496 g/mol. The van der Waals surface area contributed by atoms with Crippen molar-refractivity contribution in [3.05, 3.63) is 64.7 Å². The molecule has 0 spiro atoms. The Bertz CT molecular complexity index is 1190. The highest BCUT2D eigenvalue weighted by Crippen LogP contribution is 2.28. The quantitative estimate of drug-likeness (QED) is 0.382. The largest absolute Gasteiger partial charge is 0.444 e. The minimum atomic E-state index is -1.31. The van der Waals surface area contributed by atoms with E-state index >= 15 is 0 Å². The van der Waals surface area contributed by atoms with Crippen LogP contribution in [0.3, 0.4) is 0 Å². The predicted octanol–water partition coefficient (Wildman–Crippen LogP) is 4.69. The van der Waals surface area contributed by atoms with Gasteiger partial charge in [0.2, 0.25) is 11.8 Å². The Labute approximate surface area is 231 Å². The molecule has 0 saturated carbocycles. The molecule has 2 aromatic rings. The fraction of sp³-hybridized carbons (Fsp3) is 0.467. The number of amides is 4. The van der Waals surface area contributed by atoms with Crippen LogP contribution in [-0.4, -0.2) is 46.9 Å². The number of benzene rings is 2. The van der Waals surface area contributed by atoms with Gasteiger partial charge in [-0.2, -0.15) is 0 Å². The molecule has 4 amide bonds. The van der Waals surface area contributed by atoms with E-state index in [1.807, 2.05) is 64.1 Å². The number of anilines is 1. The summed E-state index contributed by atoms with van der Waals surface area (Å²) < 4.78 is 5.32. The third-order valence-corrected chi connectivity index (χ3v) is 6.24. The van der Waals surface area contributed by atoms with Gasteiger partial charge in [-0.3, -0.25) is 14.4 Å². The van der Waals surface area contributed by atoms with E-state index in [4.69, 9.17) is 10.5 Å². The van der Waals surface area contributed by atoms with Crippen LogP contribution in [-0.2, 0) is 19.1 Å². The Morgan fingerprint density at radius 2 is 1.64 bits per heavy atom. The second-order valence-electron chi connectivity index (χ2n) is 10.8. The maximum Gasteiger partial charge on any atom is 0.408 e. The number of hydrogen-bond acceptors (Lipinski definition) is 5. The lowest BCUT2D eigenvalue weighted by molar-refractivity contribution is -0.142. The number of carbonyl (C=O) groups excluding carboxylic acids is 4. The lowest BCUT2D eigenvalue weighted by Crippen LogP contribution is -2.53. The molecule has 0 bridgehead atoms. The van der Waals surface area contributed by atoms with Crippen LogP contribution in [0.4, 0.5) is 10.5 Å². The zero-order valence-corrected chi connectivity index (χ0v) is 24.1. The van der Waals surface area contributed by atoms with E-state index in [2.05, 4.69) is 10.6 Å². The summed E-state index contributed by atoms with van der Waals surface area (Å²) in [5.74, 6) is -1.78. The summed E-state index contributed by atoms with van der Waals surface area (Å²) in [6.45, 7) is 13.1. The summed E-state index contributed by atoms with van der Waals surface area (Å²) >= 11 is 0. The molecule has 0 aliphatic rings. The zero-order chi connectivity index (χ0) is 29.3. The molecule has 212 valence electrons. The maximum atomic E-state index is 14.0. The number of nitrogens with two attached hydrogens (primary N) is 1. The van der Waals surface area contributed by atoms with Crippen LogP contribution in [0.1, 0.15) is 75.3 Å². The first-order valence-corrected chi connectivity index (χ1v) is 13.3. The number of nitrogens with one attached hydrogen (secondary N) is 2. The van der Waals surface area contributed by atoms with E-state index in [0.717, 1.165) is 23.1 Å². The third kappa shape index (κ3) is 9.42. The first kappa shape index (κ1) is 31.3. The topological polar surface area (TPSA) is 131 Å². The monoisotopic (exact) mass is 538 g/mol. The number of carbonyl (C=O) groups is 4. The molecule has 0 radical (unpaired) electrons. The summed E-state index contributed by atoms with van der Waals surface area (Å²) in [7, 11) is 0. The predicted molar refractivity (Wildman–Crippen MR) is 152 cm³/mol. The molecule has 39 heavy (non-hydrogen) atoms. The van der Waals surface area contributed by atoms with Crippen LogP contribution in [0, 0.1) is 20.8 Å². The smallest absolute Gasteiger partial charge is 0.408 e. The molecule has 0 saturated heterocycles. The van der Waals surface area contributed by atoms with E-state index in [9.17, 15) is 19.2 Å². The van der Waals surface area contributed by atoms with Crippen molar-refractivity contribution < 1.29 is 23.9 Å². The highest BCUT2D eigenvalue weighted by molar-refractivity contribution is 6.00. The van der Waals surface area contributed by atoms with Crippen molar-refractivity contribution in [1.82, 2.24) is 10.2 Å². The van der Waals surface area contributed by atoms with E-state index in [1.165, 1.54) is 4.90 Å². The number of hydrogen-bond donors (Lipinski definition) is 3. The first-order chi connectivity index (χ1) is 18.2. The molecule has 2 unspecified atom stereocenters. The second kappa shape index (κ2) is 13.8. The molecule has 2 aromatic carbocycles. The number of aryl methyl sites for hydroxylation is 3. The fourth-order valence-corrected chi connectivity index (χ4v) is 4.07. The van der Waals surface area contributed by atoms with Gasteiger partial charge in [0, 0.05) is 12.2 Å². The maximum absolute atomic E-state index is 14.0. The molecule has 0 aromatic heterocycles. The number of alkyl carbamates (subject to hydrolysis) is 1. The van der Waals surface area contributed by atoms with E-state index < -0.39 is 47.9 Å². The van der Waals surface area contributed by atoms with Gasteiger partial charge in [0.15, 0.2) is 0 Å². The second-order valence-corrected chi connectivity index (χ2v) is 10.8. The average Bonchev–Trinajstić information content (AvgIpc) is 2.82. The molecule has 0 heterocycles. The Balaban J connectivity index is 2.58. The van der Waals surface area contributed by atoms with Crippen LogP contribution in [0.25, 0.3) is 0 Å². The normalized spacial score (nSPS) is 12.7. The van der Waals surface area contributed by atoms with Gasteiger partial charge in [0.1, 0.15) is 17.7 Å². The molecule has 9 heteroatoms. The molecule has 0 aliphatic carbocycles. The average molecular weight is 539 g/mol. The van der Waals surface area contributed by atoms with Crippen molar-refractivity contribution in [2.45, 2.75) is 85.4 Å². The number of para-hydroxylation sites is 1. The van der Waals surface area contributed by atoms with Crippen molar-refractivity contribution in [1.29, 1.82) is 0 Å². The summed E-state index contributed by atoms with van der Waals surface area (Å²) in [5, 5.41) is 5.47. The summed E-state index contributed by atoms with van der Waals surface area (Å²) in [4.78, 5) is 53.9. The van der Waals surface area contributed by atoms with Crippen LogP contribution in [0.15, 0.2) is 42.5 Å². The Morgan fingerprint density at radius 3 is 2.21 bits per heavy atom. The van der Waals surface area contributed by atoms with E-state index in [1.54, 1.807) is 26.8 Å². The highest BCUT2D eigenvalue weighted by Gasteiger charge is 2.37. The van der Waals surface area contributed by atoms with Crippen molar-refractivity contribution in [3.8, 4) is 0 Å². The van der Waals surface area contributed by atoms with Gasteiger partial charge in [-0.25, -0.2) is 4.79 Å². The molecule has 0 fully saturated rings. The molecule has 9 nitrogen and oxygen atoms in total. The minimum absolute atomic E-state index is 0.222. The van der Waals surface area contributed by atoms with Crippen LogP contribution >= 0.6 is 0 Å². The number of unbranched alkanes of at least 4 members (excludes halogenated alkanes) is 1. The number of rotatable bonds is 11. The van der Waals surface area contributed by atoms with E-state index in [0.29, 0.717) is 17.7 Å². The van der Waals surface area contributed by atoms with Gasteiger partial charge in [-0.15, -0.1) is 0 Å². The number of nitrogens with zero attached hydrogens (tertiary/aromatic N) is 1. The van der Waals surface area contributed by atoms with Crippen LogP contribution in [0.5, 0.6) is 0 Å². The first-order valence-electron chi connectivity index (χ1n) is 13.3. The van der Waals surface area contributed by atoms with Gasteiger partial charge in [-0.1, -0.05) is 49.7 Å². The number of primary amides is 1. The van der Waals surface area contributed by atoms with Gasteiger partial charge in [-0.05, 0) is 76.3 Å². The molecule has 2 rings (SSSR count). The Hall–Kier alpha value is -3.88. The Morgan fingerprint density at radius 1 is 0.974 bits per heavy atom.